The monoisotopic (exact) mass is 480 g/mol. The zero-order valence-corrected chi connectivity index (χ0v) is 20.0. The van der Waals surface area contributed by atoms with Crippen molar-refractivity contribution in [2.45, 2.75) is 22.9 Å². The molecule has 0 saturated heterocycles. The van der Waals surface area contributed by atoms with E-state index in [1.165, 1.54) is 0 Å². The van der Waals surface area contributed by atoms with Crippen molar-refractivity contribution in [1.29, 1.82) is 0 Å². The number of hydrogen-bond acceptors (Lipinski definition) is 4. The van der Waals surface area contributed by atoms with Gasteiger partial charge >= 0.3 is 0 Å². The number of ether oxygens (including phenoxy) is 1. The van der Waals surface area contributed by atoms with Crippen LogP contribution in [0.15, 0.2) is 107 Å². The highest BCUT2D eigenvalue weighted by molar-refractivity contribution is 7.99. The van der Waals surface area contributed by atoms with E-state index >= 15 is 0 Å². The first-order valence-corrected chi connectivity index (χ1v) is 12.1. The second-order valence-corrected chi connectivity index (χ2v) is 9.28. The van der Waals surface area contributed by atoms with Crippen molar-refractivity contribution in [3.63, 3.8) is 0 Å². The van der Waals surface area contributed by atoms with Crippen LogP contribution in [0.25, 0.3) is 0 Å². The van der Waals surface area contributed by atoms with Crippen LogP contribution in [0.4, 0.5) is 5.69 Å². The molecule has 0 fully saturated rings. The summed E-state index contributed by atoms with van der Waals surface area (Å²) in [7, 11) is 1.62. The van der Waals surface area contributed by atoms with Crippen LogP contribution in [0.1, 0.15) is 31.8 Å². The molecular formula is C29H24N2O3S. The Morgan fingerprint density at radius 3 is 2.46 bits per heavy atom. The van der Waals surface area contributed by atoms with Crippen molar-refractivity contribution >= 4 is 29.3 Å². The quantitative estimate of drug-likeness (QED) is 0.371. The molecule has 1 N–H and O–H groups in total. The van der Waals surface area contributed by atoms with Gasteiger partial charge in [-0.3, -0.25) is 9.59 Å². The second-order valence-electron chi connectivity index (χ2n) is 8.19. The summed E-state index contributed by atoms with van der Waals surface area (Å²) in [4.78, 5) is 30.3. The lowest BCUT2D eigenvalue weighted by molar-refractivity contribution is 0.0947. The minimum Gasteiger partial charge on any atom is -0.497 e. The van der Waals surface area contributed by atoms with Gasteiger partial charge in [-0.25, -0.2) is 0 Å². The Hall–Kier alpha value is -4.03. The molecule has 0 saturated carbocycles. The van der Waals surface area contributed by atoms with E-state index in [0.717, 1.165) is 26.7 Å². The zero-order valence-electron chi connectivity index (χ0n) is 19.2. The third-order valence-corrected chi connectivity index (χ3v) is 7.01. The molecule has 0 aromatic heterocycles. The van der Waals surface area contributed by atoms with Crippen LogP contribution >= 0.6 is 11.8 Å². The first-order valence-electron chi connectivity index (χ1n) is 11.3. The standard InChI is InChI=1S/C29H24N2O3S/c1-34-23-11-7-10-21(16-23)19-31-25-17-22(28(32)30-18-20-8-3-2-4-9-20)14-15-27(25)35-26-13-6-5-12-24(26)29(31)33/h2-17H,18-19H2,1H3,(H,30,32). The molecule has 0 atom stereocenters. The molecule has 4 aromatic carbocycles. The van der Waals surface area contributed by atoms with Crippen molar-refractivity contribution < 1.29 is 14.3 Å². The van der Waals surface area contributed by atoms with E-state index in [1.54, 1.807) is 23.8 Å². The fourth-order valence-corrected chi connectivity index (χ4v) is 5.11. The fraction of sp³-hybridized carbons (Fsp3) is 0.103. The molecule has 4 aromatic rings. The normalized spacial score (nSPS) is 12.4. The van der Waals surface area contributed by atoms with Gasteiger partial charge in [0, 0.05) is 21.9 Å². The number of rotatable bonds is 6. The molecule has 5 nitrogen and oxygen atoms in total. The molecule has 0 aliphatic carbocycles. The van der Waals surface area contributed by atoms with Crippen LogP contribution in [0.5, 0.6) is 5.75 Å². The van der Waals surface area contributed by atoms with Crippen molar-refractivity contribution in [2.75, 3.05) is 12.0 Å². The minimum absolute atomic E-state index is 0.100. The van der Waals surface area contributed by atoms with Gasteiger partial charge in [-0.15, -0.1) is 0 Å². The second kappa shape index (κ2) is 10.1. The molecule has 1 aliphatic heterocycles. The van der Waals surface area contributed by atoms with Gasteiger partial charge < -0.3 is 15.0 Å². The van der Waals surface area contributed by atoms with Crippen LogP contribution < -0.4 is 15.0 Å². The summed E-state index contributed by atoms with van der Waals surface area (Å²) < 4.78 is 5.37. The Morgan fingerprint density at radius 1 is 0.857 bits per heavy atom. The maximum atomic E-state index is 13.7. The maximum absolute atomic E-state index is 13.7. The van der Waals surface area contributed by atoms with Gasteiger partial charge in [0.15, 0.2) is 0 Å². The van der Waals surface area contributed by atoms with Crippen molar-refractivity contribution in [1.82, 2.24) is 5.32 Å². The molecule has 174 valence electrons. The SMILES string of the molecule is COc1cccc(CN2C(=O)c3ccccc3Sc3ccc(C(=O)NCc4ccccc4)cc32)c1. The predicted molar refractivity (Wildman–Crippen MR) is 138 cm³/mol. The Kier molecular flexibility index (Phi) is 6.55. The van der Waals surface area contributed by atoms with Crippen molar-refractivity contribution in [2.24, 2.45) is 0 Å². The maximum Gasteiger partial charge on any atom is 0.259 e. The minimum atomic E-state index is -0.183. The summed E-state index contributed by atoms with van der Waals surface area (Å²) in [5, 5.41) is 2.98. The number of anilines is 1. The largest absolute Gasteiger partial charge is 0.497 e. The predicted octanol–water partition coefficient (Wildman–Crippen LogP) is 5.94. The molecule has 35 heavy (non-hydrogen) atoms. The molecule has 0 unspecified atom stereocenters. The summed E-state index contributed by atoms with van der Waals surface area (Å²) in [6.07, 6.45) is 0. The Balaban J connectivity index is 1.50. The average Bonchev–Trinajstić information content (AvgIpc) is 3.02. The summed E-state index contributed by atoms with van der Waals surface area (Å²) in [5.41, 5.74) is 3.83. The zero-order chi connectivity index (χ0) is 24.2. The summed E-state index contributed by atoms with van der Waals surface area (Å²) in [5.74, 6) is 0.447. The van der Waals surface area contributed by atoms with Crippen LogP contribution in [0.3, 0.4) is 0 Å². The first-order chi connectivity index (χ1) is 17.1. The highest BCUT2D eigenvalue weighted by atomic mass is 32.2. The summed E-state index contributed by atoms with van der Waals surface area (Å²) >= 11 is 1.54. The van der Waals surface area contributed by atoms with Crippen molar-refractivity contribution in [3.8, 4) is 5.75 Å². The van der Waals surface area contributed by atoms with Gasteiger partial charge in [-0.2, -0.15) is 0 Å². The van der Waals surface area contributed by atoms with E-state index in [0.29, 0.717) is 29.9 Å². The highest BCUT2D eigenvalue weighted by Gasteiger charge is 2.28. The molecule has 0 spiro atoms. The molecule has 0 radical (unpaired) electrons. The van der Waals surface area contributed by atoms with E-state index in [4.69, 9.17) is 4.74 Å². The molecule has 1 aliphatic rings. The average molecular weight is 481 g/mol. The number of nitrogens with one attached hydrogen (secondary N) is 1. The van der Waals surface area contributed by atoms with E-state index in [1.807, 2.05) is 97.1 Å². The van der Waals surface area contributed by atoms with E-state index in [9.17, 15) is 9.59 Å². The number of benzene rings is 4. The van der Waals surface area contributed by atoms with Crippen LogP contribution in [0, 0.1) is 0 Å². The Bertz CT molecular complexity index is 1390. The summed E-state index contributed by atoms with van der Waals surface area (Å²) in [6, 6.07) is 30.6. The van der Waals surface area contributed by atoms with Crippen LogP contribution in [0.2, 0.25) is 0 Å². The Labute approximate surface area is 208 Å². The van der Waals surface area contributed by atoms with E-state index in [-0.39, 0.29) is 11.8 Å². The first kappa shape index (κ1) is 22.7. The molecule has 1 heterocycles. The Morgan fingerprint density at radius 2 is 1.63 bits per heavy atom. The number of methoxy groups -OCH3 is 1. The number of carbonyl (C=O) groups excluding carboxylic acids is 2. The van der Waals surface area contributed by atoms with Gasteiger partial charge in [0.1, 0.15) is 5.75 Å². The van der Waals surface area contributed by atoms with Gasteiger partial charge in [0.2, 0.25) is 0 Å². The lowest BCUT2D eigenvalue weighted by Gasteiger charge is -2.24. The lowest BCUT2D eigenvalue weighted by atomic mass is 10.1. The molecule has 5 rings (SSSR count). The van der Waals surface area contributed by atoms with Gasteiger partial charge in [-0.1, -0.05) is 66.4 Å². The number of hydrogen-bond donors (Lipinski definition) is 1. The number of amides is 2. The molecule has 2 amide bonds. The number of fused-ring (bicyclic) bond motifs is 2. The molecule has 0 bridgehead atoms. The molecule has 6 heteroatoms. The van der Waals surface area contributed by atoms with E-state index < -0.39 is 0 Å². The third kappa shape index (κ3) is 4.93. The summed E-state index contributed by atoms with van der Waals surface area (Å²) in [6.45, 7) is 0.788. The number of carbonyl (C=O) groups is 2. The van der Waals surface area contributed by atoms with Crippen molar-refractivity contribution in [3.05, 3.63) is 119 Å². The lowest BCUT2D eigenvalue weighted by Crippen LogP contribution is -2.31. The fourth-order valence-electron chi connectivity index (χ4n) is 4.05. The van der Waals surface area contributed by atoms with Gasteiger partial charge in [0.25, 0.3) is 11.8 Å². The van der Waals surface area contributed by atoms with Gasteiger partial charge in [-0.05, 0) is 53.6 Å². The topological polar surface area (TPSA) is 58.6 Å². The van der Waals surface area contributed by atoms with Crippen LogP contribution in [-0.4, -0.2) is 18.9 Å². The van der Waals surface area contributed by atoms with E-state index in [2.05, 4.69) is 5.32 Å². The van der Waals surface area contributed by atoms with Gasteiger partial charge in [0.05, 0.1) is 24.9 Å². The number of nitrogens with zero attached hydrogens (tertiary/aromatic N) is 1. The smallest absolute Gasteiger partial charge is 0.259 e. The highest BCUT2D eigenvalue weighted by Crippen LogP contribution is 2.42. The molecular weight excluding hydrogens is 456 g/mol. The third-order valence-electron chi connectivity index (χ3n) is 5.87. The van der Waals surface area contributed by atoms with Crippen LogP contribution in [-0.2, 0) is 13.1 Å².